The molecule has 0 radical (unpaired) electrons. The number of carboxylic acid groups (broad SMARTS) is 1. The number of carbonyl (C=O) groups is 8. The number of carbonyl (C=O) groups excluding carboxylic acids is 7. The molecule has 0 spiro atoms. The van der Waals surface area contributed by atoms with Crippen LogP contribution in [0.5, 0.6) is 0 Å². The van der Waals surface area contributed by atoms with Gasteiger partial charge < -0.3 is 48.3 Å². The summed E-state index contributed by atoms with van der Waals surface area (Å²) in [6.45, 7) is 5.22. The molecule has 1 aliphatic rings. The van der Waals surface area contributed by atoms with E-state index in [0.29, 0.717) is 19.3 Å². The average Bonchev–Trinajstić information content (AvgIpc) is 3.29. The van der Waals surface area contributed by atoms with Crippen LogP contribution in [0.3, 0.4) is 0 Å². The Kier molecular flexibility index (Phi) is 25.6. The maximum atomic E-state index is 13.4. The Labute approximate surface area is 401 Å². The van der Waals surface area contributed by atoms with E-state index >= 15 is 0 Å². The van der Waals surface area contributed by atoms with E-state index in [0.717, 1.165) is 113 Å². The van der Waals surface area contributed by atoms with Gasteiger partial charge in [-0.25, -0.2) is 4.79 Å². The fraction of sp³-hybridized carbons (Fsp3) is 0.647. The van der Waals surface area contributed by atoms with Crippen LogP contribution in [-0.4, -0.2) is 93.8 Å². The van der Waals surface area contributed by atoms with Crippen LogP contribution in [-0.2, 0) is 44.8 Å². The molecular formula is C51H79N7O10. The number of aliphatic carboxylic acids is 1. The number of nitrogens with one attached hydrogen (secondary N) is 5. The van der Waals surface area contributed by atoms with Gasteiger partial charge in [0.1, 0.15) is 30.2 Å². The molecule has 0 saturated heterocycles. The third kappa shape index (κ3) is 21.2. The summed E-state index contributed by atoms with van der Waals surface area (Å²) in [7, 11) is 0. The zero-order valence-electron chi connectivity index (χ0n) is 40.5. The number of primary amides is 2. The van der Waals surface area contributed by atoms with Crippen molar-refractivity contribution in [3.8, 4) is 0 Å². The maximum absolute atomic E-state index is 13.4. The second kappa shape index (κ2) is 30.7. The summed E-state index contributed by atoms with van der Waals surface area (Å²) >= 11 is 0. The van der Waals surface area contributed by atoms with Crippen molar-refractivity contribution in [3.05, 3.63) is 48.0 Å². The van der Waals surface area contributed by atoms with Crippen LogP contribution in [0.1, 0.15) is 161 Å². The van der Waals surface area contributed by atoms with E-state index in [1.54, 1.807) is 6.07 Å². The predicted molar refractivity (Wildman–Crippen MR) is 260 cm³/mol. The SMILES string of the molecule is CC(C)C[C@H](NC(=O)[C@@H](NC(=O)CCCCCCCCCCCCCCC(=O)N[C@@H](CC(N)=O)C(=O)N[C@@H](Cc1cccc2ccccc12)C(=O)O)C(C)O)C(=O)N[C@H](C(N)=O)C1CCCCC1. The van der Waals surface area contributed by atoms with Crippen LogP contribution in [0.15, 0.2) is 42.5 Å². The smallest absolute Gasteiger partial charge is 0.326 e. The standard InChI is InChI=1S/C51H79N7O10/c1-33(2)30-39(49(65)58-46(47(53)63)36-23-15-14-16-24-36)55-50(66)45(34(3)59)57-44(62)29-18-13-11-9-7-5-4-6-8-10-12-17-28-43(61)54-40(32-42(52)60)48(64)56-41(51(67)68)31-37-26-21-25-35-22-19-20-27-38(35)37/h19-22,25-27,33-34,36,39-41,45-46,59H,4-18,23-24,28-32H2,1-3H3,(H2,52,60)(H2,53,63)(H,54,61)(H,55,66)(H,56,64)(H,57,62)(H,58,65)(H,67,68)/t34?,39-,40-,41-,45-,46-/m0/s1. The molecule has 0 aromatic heterocycles. The van der Waals surface area contributed by atoms with E-state index < -0.39 is 84.1 Å². The number of unbranched alkanes of at least 4 members (excludes halogenated alkanes) is 11. The first-order chi connectivity index (χ1) is 32.5. The molecule has 7 amide bonds. The lowest BCUT2D eigenvalue weighted by Gasteiger charge is -2.31. The highest BCUT2D eigenvalue weighted by atomic mass is 16.4. The van der Waals surface area contributed by atoms with Crippen molar-refractivity contribution in [1.82, 2.24) is 26.6 Å². The first-order valence-electron chi connectivity index (χ1n) is 24.9. The predicted octanol–water partition coefficient (Wildman–Crippen LogP) is 4.72. The van der Waals surface area contributed by atoms with Gasteiger partial charge in [0, 0.05) is 19.3 Å². The van der Waals surface area contributed by atoms with Gasteiger partial charge in [-0.3, -0.25) is 33.6 Å². The summed E-state index contributed by atoms with van der Waals surface area (Å²) in [6, 6.07) is 7.40. The summed E-state index contributed by atoms with van der Waals surface area (Å²) in [5, 5.41) is 35.3. The second-order valence-corrected chi connectivity index (χ2v) is 19.0. The number of carboxylic acids is 1. The summed E-state index contributed by atoms with van der Waals surface area (Å²) in [5.74, 6) is -5.45. The molecular weight excluding hydrogens is 871 g/mol. The first-order valence-corrected chi connectivity index (χ1v) is 24.9. The van der Waals surface area contributed by atoms with E-state index in [1.807, 2.05) is 50.2 Å². The number of rotatable bonds is 33. The van der Waals surface area contributed by atoms with Crippen molar-refractivity contribution in [2.75, 3.05) is 0 Å². The topological polar surface area (TPSA) is 289 Å². The molecule has 68 heavy (non-hydrogen) atoms. The summed E-state index contributed by atoms with van der Waals surface area (Å²) in [6.07, 6.45) is 14.7. The third-order valence-corrected chi connectivity index (χ3v) is 12.7. The van der Waals surface area contributed by atoms with Gasteiger partial charge in [-0.15, -0.1) is 0 Å². The molecule has 17 heteroatoms. The van der Waals surface area contributed by atoms with Gasteiger partial charge in [0.25, 0.3) is 0 Å². The van der Waals surface area contributed by atoms with Crippen molar-refractivity contribution < 1.29 is 48.6 Å². The molecule has 0 bridgehead atoms. The van der Waals surface area contributed by atoms with Gasteiger partial charge in [0.2, 0.25) is 41.4 Å². The summed E-state index contributed by atoms with van der Waals surface area (Å²) < 4.78 is 0. The highest BCUT2D eigenvalue weighted by Gasteiger charge is 2.35. The molecule has 0 heterocycles. The third-order valence-electron chi connectivity index (χ3n) is 12.7. The number of aliphatic hydroxyl groups is 1. The molecule has 1 saturated carbocycles. The average molecular weight is 950 g/mol. The molecule has 2 aromatic rings. The van der Waals surface area contributed by atoms with Gasteiger partial charge in [-0.1, -0.05) is 140 Å². The van der Waals surface area contributed by atoms with Gasteiger partial charge >= 0.3 is 5.97 Å². The van der Waals surface area contributed by atoms with E-state index in [-0.39, 0.29) is 37.0 Å². The first kappa shape index (κ1) is 56.7. The van der Waals surface area contributed by atoms with E-state index in [4.69, 9.17) is 11.5 Å². The molecule has 1 unspecified atom stereocenters. The van der Waals surface area contributed by atoms with Crippen molar-refractivity contribution in [3.63, 3.8) is 0 Å². The maximum Gasteiger partial charge on any atom is 0.326 e. The normalized spacial score (nSPS) is 15.5. The number of hydrogen-bond donors (Lipinski definition) is 9. The quantitative estimate of drug-likeness (QED) is 0.0444. The van der Waals surface area contributed by atoms with Gasteiger partial charge in [0.15, 0.2) is 0 Å². The molecule has 378 valence electrons. The minimum atomic E-state index is -1.30. The van der Waals surface area contributed by atoms with Gasteiger partial charge in [-0.05, 0) is 67.2 Å². The van der Waals surface area contributed by atoms with Crippen LogP contribution in [0, 0.1) is 11.8 Å². The highest BCUT2D eigenvalue weighted by molar-refractivity contribution is 5.95. The number of aliphatic hydroxyl groups excluding tert-OH is 1. The minimum Gasteiger partial charge on any atom is -0.480 e. The molecule has 6 atom stereocenters. The van der Waals surface area contributed by atoms with Crippen LogP contribution >= 0.6 is 0 Å². The zero-order chi connectivity index (χ0) is 50.0. The lowest BCUT2D eigenvalue weighted by molar-refractivity contribution is -0.142. The van der Waals surface area contributed by atoms with Crippen molar-refractivity contribution in [2.24, 2.45) is 23.3 Å². The van der Waals surface area contributed by atoms with Crippen molar-refractivity contribution in [2.45, 2.75) is 198 Å². The number of benzene rings is 2. The van der Waals surface area contributed by atoms with E-state index in [2.05, 4.69) is 26.6 Å². The molecule has 11 N–H and O–H groups in total. The van der Waals surface area contributed by atoms with Crippen molar-refractivity contribution >= 4 is 58.1 Å². The Morgan fingerprint density at radius 2 is 1.12 bits per heavy atom. The Balaban J connectivity index is 1.27. The monoisotopic (exact) mass is 950 g/mol. The lowest BCUT2D eigenvalue weighted by Crippen LogP contribution is -2.59. The zero-order valence-corrected chi connectivity index (χ0v) is 40.5. The Bertz CT molecular complexity index is 1950. The molecule has 2 aromatic carbocycles. The molecule has 1 fully saturated rings. The summed E-state index contributed by atoms with van der Waals surface area (Å²) in [4.78, 5) is 102. The van der Waals surface area contributed by atoms with E-state index in [1.165, 1.54) is 6.92 Å². The van der Waals surface area contributed by atoms with Crippen LogP contribution in [0.4, 0.5) is 0 Å². The Morgan fingerprint density at radius 1 is 0.603 bits per heavy atom. The number of hydrogen-bond acceptors (Lipinski definition) is 9. The van der Waals surface area contributed by atoms with E-state index in [9.17, 15) is 48.6 Å². The minimum absolute atomic E-state index is 0.00962. The largest absolute Gasteiger partial charge is 0.480 e. The van der Waals surface area contributed by atoms with Crippen LogP contribution < -0.4 is 38.1 Å². The van der Waals surface area contributed by atoms with Crippen LogP contribution in [0.2, 0.25) is 0 Å². The van der Waals surface area contributed by atoms with Gasteiger partial charge in [0.05, 0.1) is 12.5 Å². The lowest BCUT2D eigenvalue weighted by atomic mass is 9.83. The Hall–Kier alpha value is -5.58. The number of amides is 7. The molecule has 17 nitrogen and oxygen atoms in total. The highest BCUT2D eigenvalue weighted by Crippen LogP contribution is 2.27. The number of fused-ring (bicyclic) bond motifs is 1. The fourth-order valence-electron chi connectivity index (χ4n) is 8.94. The Morgan fingerprint density at radius 3 is 1.65 bits per heavy atom. The summed E-state index contributed by atoms with van der Waals surface area (Å²) in [5.41, 5.74) is 11.8. The number of nitrogens with two attached hydrogens (primary N) is 2. The molecule has 3 rings (SSSR count). The molecule has 0 aliphatic heterocycles. The van der Waals surface area contributed by atoms with Gasteiger partial charge in [-0.2, -0.15) is 0 Å². The van der Waals surface area contributed by atoms with Crippen molar-refractivity contribution in [1.29, 1.82) is 0 Å². The molecule has 1 aliphatic carbocycles. The second-order valence-electron chi connectivity index (χ2n) is 19.0. The van der Waals surface area contributed by atoms with Crippen LogP contribution in [0.25, 0.3) is 10.8 Å². The fourth-order valence-corrected chi connectivity index (χ4v) is 8.94.